The van der Waals surface area contributed by atoms with Gasteiger partial charge in [-0.3, -0.25) is 0 Å². The van der Waals surface area contributed by atoms with Gasteiger partial charge in [0.2, 0.25) is 0 Å². The number of thiazole rings is 1. The first kappa shape index (κ1) is 12.7. The highest BCUT2D eigenvalue weighted by molar-refractivity contribution is 7.09. The Labute approximate surface area is 111 Å². The van der Waals surface area contributed by atoms with Crippen molar-refractivity contribution >= 4 is 11.3 Å². The molecule has 0 N–H and O–H groups in total. The maximum absolute atomic E-state index is 8.67. The zero-order valence-electron chi connectivity index (χ0n) is 10.2. The van der Waals surface area contributed by atoms with E-state index in [2.05, 4.69) is 11.1 Å². The summed E-state index contributed by atoms with van der Waals surface area (Å²) in [5, 5.41) is 11.5. The van der Waals surface area contributed by atoms with E-state index in [9.17, 15) is 0 Å². The second kappa shape index (κ2) is 6.29. The lowest BCUT2D eigenvalue weighted by Gasteiger charge is -2.14. The summed E-state index contributed by atoms with van der Waals surface area (Å²) in [4.78, 5) is 4.47. The van der Waals surface area contributed by atoms with Gasteiger partial charge in [0.1, 0.15) is 11.1 Å². The lowest BCUT2D eigenvalue weighted by Crippen LogP contribution is -2.05. The van der Waals surface area contributed by atoms with Crippen molar-refractivity contribution in [1.82, 2.24) is 4.98 Å². The van der Waals surface area contributed by atoms with Crippen LogP contribution in [0, 0.1) is 11.3 Å². The summed E-state index contributed by atoms with van der Waals surface area (Å²) in [7, 11) is 0. The Bertz CT molecular complexity index is 530. The van der Waals surface area contributed by atoms with Gasteiger partial charge in [0.25, 0.3) is 0 Å². The molecule has 2 rings (SSSR count). The third-order valence-corrected chi connectivity index (χ3v) is 3.43. The molecule has 18 heavy (non-hydrogen) atoms. The number of rotatable bonds is 5. The molecule has 0 fully saturated rings. The Balaban J connectivity index is 2.27. The maximum atomic E-state index is 8.67. The van der Waals surface area contributed by atoms with Crippen LogP contribution in [-0.2, 0) is 11.2 Å². The molecule has 92 valence electrons. The Morgan fingerprint density at radius 3 is 2.83 bits per heavy atom. The smallest absolute Gasteiger partial charge is 0.134 e. The van der Waals surface area contributed by atoms with E-state index in [4.69, 9.17) is 10.00 Å². The van der Waals surface area contributed by atoms with Gasteiger partial charge < -0.3 is 4.74 Å². The van der Waals surface area contributed by atoms with Crippen molar-refractivity contribution < 1.29 is 4.74 Å². The van der Waals surface area contributed by atoms with Crippen LogP contribution >= 0.6 is 11.3 Å². The molecule has 0 amide bonds. The monoisotopic (exact) mass is 258 g/mol. The highest BCUT2D eigenvalue weighted by atomic mass is 32.1. The standard InChI is InChI=1S/C14H14N2OS/c1-2-17-13(11-6-4-3-5-7-11)14-16-12(8-9-15)10-18-14/h3-7,10,13H,2,8H2,1H3. The van der Waals surface area contributed by atoms with Crippen molar-refractivity contribution in [3.8, 4) is 6.07 Å². The van der Waals surface area contributed by atoms with E-state index in [1.54, 1.807) is 11.3 Å². The molecule has 0 aliphatic rings. The summed E-state index contributed by atoms with van der Waals surface area (Å²) in [5.41, 5.74) is 1.91. The van der Waals surface area contributed by atoms with Crippen molar-refractivity contribution in [2.24, 2.45) is 0 Å². The van der Waals surface area contributed by atoms with Gasteiger partial charge in [0.05, 0.1) is 18.2 Å². The molecule has 0 aliphatic carbocycles. The predicted molar refractivity (Wildman–Crippen MR) is 71.3 cm³/mol. The molecular weight excluding hydrogens is 244 g/mol. The predicted octanol–water partition coefficient (Wildman–Crippen LogP) is 3.34. The normalized spacial score (nSPS) is 12.0. The fourth-order valence-corrected chi connectivity index (χ4v) is 2.60. The summed E-state index contributed by atoms with van der Waals surface area (Å²) in [5.74, 6) is 0. The Morgan fingerprint density at radius 1 is 1.39 bits per heavy atom. The summed E-state index contributed by atoms with van der Waals surface area (Å²) in [6, 6.07) is 12.1. The molecule has 2 aromatic rings. The van der Waals surface area contributed by atoms with Crippen molar-refractivity contribution in [1.29, 1.82) is 5.26 Å². The van der Waals surface area contributed by atoms with Crippen LogP contribution in [0.5, 0.6) is 0 Å². The van der Waals surface area contributed by atoms with Gasteiger partial charge in [0.15, 0.2) is 0 Å². The second-order valence-electron chi connectivity index (χ2n) is 3.76. The summed E-state index contributed by atoms with van der Waals surface area (Å²) in [6.07, 6.45) is 0.220. The molecule has 0 bridgehead atoms. The number of hydrogen-bond acceptors (Lipinski definition) is 4. The zero-order valence-corrected chi connectivity index (χ0v) is 11.0. The minimum Gasteiger partial charge on any atom is -0.367 e. The lowest BCUT2D eigenvalue weighted by atomic mass is 10.1. The Kier molecular flexibility index (Phi) is 4.46. The molecule has 0 radical (unpaired) electrons. The van der Waals surface area contributed by atoms with Crippen molar-refractivity contribution in [2.75, 3.05) is 6.61 Å². The van der Waals surface area contributed by atoms with Crippen LogP contribution in [0.25, 0.3) is 0 Å². The van der Waals surface area contributed by atoms with Crippen LogP contribution in [0.4, 0.5) is 0 Å². The van der Waals surface area contributed by atoms with Gasteiger partial charge in [-0.25, -0.2) is 4.98 Å². The summed E-state index contributed by atoms with van der Waals surface area (Å²) in [6.45, 7) is 2.60. The molecule has 1 atom stereocenters. The molecule has 4 heteroatoms. The van der Waals surface area contributed by atoms with Gasteiger partial charge >= 0.3 is 0 Å². The minimum atomic E-state index is -0.131. The quantitative estimate of drug-likeness (QED) is 0.826. The minimum absolute atomic E-state index is 0.131. The average Bonchev–Trinajstić information content (AvgIpc) is 2.86. The third-order valence-electron chi connectivity index (χ3n) is 2.49. The van der Waals surface area contributed by atoms with E-state index in [0.29, 0.717) is 13.0 Å². The molecule has 0 saturated heterocycles. The number of ether oxygens (including phenoxy) is 1. The Morgan fingerprint density at radius 2 is 2.17 bits per heavy atom. The number of nitriles is 1. The first-order chi connectivity index (χ1) is 8.85. The third kappa shape index (κ3) is 2.95. The van der Waals surface area contributed by atoms with Gasteiger partial charge in [-0.2, -0.15) is 5.26 Å². The molecular formula is C14H14N2OS. The highest BCUT2D eigenvalue weighted by Crippen LogP contribution is 2.28. The topological polar surface area (TPSA) is 45.9 Å². The molecule has 1 heterocycles. The van der Waals surface area contributed by atoms with E-state index in [0.717, 1.165) is 16.3 Å². The van der Waals surface area contributed by atoms with Crippen LogP contribution in [0.15, 0.2) is 35.7 Å². The first-order valence-corrected chi connectivity index (χ1v) is 6.71. The van der Waals surface area contributed by atoms with Gasteiger partial charge in [-0.05, 0) is 12.5 Å². The van der Waals surface area contributed by atoms with Crippen LogP contribution in [-0.4, -0.2) is 11.6 Å². The molecule has 3 nitrogen and oxygen atoms in total. The van der Waals surface area contributed by atoms with Crippen LogP contribution in [0.1, 0.15) is 29.3 Å². The first-order valence-electron chi connectivity index (χ1n) is 5.83. The number of hydrogen-bond donors (Lipinski definition) is 0. The second-order valence-corrected chi connectivity index (χ2v) is 4.65. The lowest BCUT2D eigenvalue weighted by molar-refractivity contribution is 0.0910. The highest BCUT2D eigenvalue weighted by Gasteiger charge is 2.17. The van der Waals surface area contributed by atoms with E-state index in [1.165, 1.54) is 0 Å². The summed E-state index contributed by atoms with van der Waals surface area (Å²) >= 11 is 1.55. The number of aromatic nitrogens is 1. The fraction of sp³-hybridized carbons (Fsp3) is 0.286. The number of benzene rings is 1. The van der Waals surface area contributed by atoms with Crippen LogP contribution in [0.2, 0.25) is 0 Å². The van der Waals surface area contributed by atoms with Crippen LogP contribution in [0.3, 0.4) is 0 Å². The molecule has 1 aromatic heterocycles. The molecule has 0 spiro atoms. The van der Waals surface area contributed by atoms with E-state index in [1.807, 2.05) is 42.6 Å². The maximum Gasteiger partial charge on any atom is 0.134 e. The zero-order chi connectivity index (χ0) is 12.8. The molecule has 1 unspecified atom stereocenters. The van der Waals surface area contributed by atoms with Gasteiger partial charge in [-0.15, -0.1) is 11.3 Å². The van der Waals surface area contributed by atoms with Crippen molar-refractivity contribution in [2.45, 2.75) is 19.4 Å². The van der Waals surface area contributed by atoms with Crippen molar-refractivity contribution in [3.05, 3.63) is 52.0 Å². The van der Waals surface area contributed by atoms with E-state index >= 15 is 0 Å². The summed E-state index contributed by atoms with van der Waals surface area (Å²) < 4.78 is 5.77. The molecule has 1 aromatic carbocycles. The largest absolute Gasteiger partial charge is 0.367 e. The van der Waals surface area contributed by atoms with Gasteiger partial charge in [-0.1, -0.05) is 30.3 Å². The van der Waals surface area contributed by atoms with Crippen LogP contribution < -0.4 is 0 Å². The van der Waals surface area contributed by atoms with Gasteiger partial charge in [0, 0.05) is 12.0 Å². The van der Waals surface area contributed by atoms with Crippen molar-refractivity contribution in [3.63, 3.8) is 0 Å². The SMILES string of the molecule is CCOC(c1ccccc1)c1nc(CC#N)cs1. The Hall–Kier alpha value is -1.70. The average molecular weight is 258 g/mol. The van der Waals surface area contributed by atoms with E-state index < -0.39 is 0 Å². The molecule has 0 saturated carbocycles. The van der Waals surface area contributed by atoms with E-state index in [-0.39, 0.29) is 6.10 Å². The molecule has 0 aliphatic heterocycles. The number of nitrogens with zero attached hydrogens (tertiary/aromatic N) is 2. The fourth-order valence-electron chi connectivity index (χ4n) is 1.71.